The molecule has 6 heteroatoms. The van der Waals surface area contributed by atoms with Gasteiger partial charge in [0, 0.05) is 37.1 Å². The lowest BCUT2D eigenvalue weighted by atomic mass is 9.83. The van der Waals surface area contributed by atoms with Crippen LogP contribution in [-0.2, 0) is 4.79 Å². The van der Waals surface area contributed by atoms with E-state index in [-0.39, 0.29) is 11.8 Å². The van der Waals surface area contributed by atoms with E-state index in [0.717, 1.165) is 49.8 Å². The summed E-state index contributed by atoms with van der Waals surface area (Å²) in [7, 11) is 0. The Kier molecular flexibility index (Phi) is 6.14. The summed E-state index contributed by atoms with van der Waals surface area (Å²) in [6.45, 7) is 9.03. The van der Waals surface area contributed by atoms with Crippen LogP contribution in [0.4, 0.5) is 5.95 Å². The molecule has 3 aliphatic rings. The number of nitrogens with zero attached hydrogens (tertiary/aromatic N) is 4. The highest BCUT2D eigenvalue weighted by molar-refractivity contribution is 5.79. The van der Waals surface area contributed by atoms with E-state index in [9.17, 15) is 4.79 Å². The molecule has 4 heterocycles. The molecule has 28 heavy (non-hydrogen) atoms. The van der Waals surface area contributed by atoms with Crippen LogP contribution in [0.2, 0.25) is 0 Å². The molecule has 0 unspecified atom stereocenters. The number of anilines is 1. The van der Waals surface area contributed by atoms with Crippen molar-refractivity contribution in [3.63, 3.8) is 0 Å². The fourth-order valence-electron chi connectivity index (χ4n) is 5.41. The summed E-state index contributed by atoms with van der Waals surface area (Å²) in [5.74, 6) is 1.67. The number of nitrogens with one attached hydrogen (secondary N) is 1. The average molecular weight is 386 g/mol. The quantitative estimate of drug-likeness (QED) is 0.863. The Labute approximate surface area is 169 Å². The lowest BCUT2D eigenvalue weighted by Crippen LogP contribution is -2.52. The zero-order chi connectivity index (χ0) is 19.5. The first-order valence-corrected chi connectivity index (χ1v) is 11.2. The second-order valence-electron chi connectivity index (χ2n) is 8.98. The predicted octanol–water partition coefficient (Wildman–Crippen LogP) is 2.69. The maximum atomic E-state index is 12.9. The normalized spacial score (nSPS) is 28.6. The first-order valence-electron chi connectivity index (χ1n) is 11.2. The fraction of sp³-hybridized carbons (Fsp3) is 0.773. The summed E-state index contributed by atoms with van der Waals surface area (Å²) < 4.78 is 0. The van der Waals surface area contributed by atoms with Crippen molar-refractivity contribution in [1.29, 1.82) is 0 Å². The lowest BCUT2D eigenvalue weighted by molar-refractivity contribution is -0.125. The minimum Gasteiger partial charge on any atom is -0.355 e. The maximum Gasteiger partial charge on any atom is 0.225 e. The number of piperidine rings is 3. The smallest absolute Gasteiger partial charge is 0.225 e. The molecule has 154 valence electrons. The number of carbonyl (C=O) groups excluding carboxylic acids is 1. The van der Waals surface area contributed by atoms with Gasteiger partial charge in [0.05, 0.1) is 5.92 Å². The third-order valence-electron chi connectivity index (χ3n) is 6.81. The molecule has 0 bridgehead atoms. The van der Waals surface area contributed by atoms with Gasteiger partial charge < -0.3 is 15.1 Å². The Morgan fingerprint density at radius 2 is 1.79 bits per heavy atom. The van der Waals surface area contributed by atoms with E-state index < -0.39 is 0 Å². The number of carbonyl (C=O) groups is 1. The molecule has 1 N–H and O–H groups in total. The molecule has 1 amide bonds. The predicted molar refractivity (Wildman–Crippen MR) is 111 cm³/mol. The zero-order valence-corrected chi connectivity index (χ0v) is 17.5. The fourth-order valence-corrected chi connectivity index (χ4v) is 5.41. The van der Waals surface area contributed by atoms with Crippen LogP contribution in [0.3, 0.4) is 0 Å². The molecule has 3 atom stereocenters. The number of aryl methyl sites for hydroxylation is 2. The molecule has 0 saturated carbocycles. The first-order chi connectivity index (χ1) is 13.6. The summed E-state index contributed by atoms with van der Waals surface area (Å²) >= 11 is 0. The molecule has 1 aromatic heterocycles. The van der Waals surface area contributed by atoms with Crippen molar-refractivity contribution in [2.45, 2.75) is 64.8 Å². The average Bonchev–Trinajstić information content (AvgIpc) is 2.71. The minimum absolute atomic E-state index is 0.0456. The molecule has 1 aromatic rings. The number of fused-ring (bicyclic) bond motifs is 1. The van der Waals surface area contributed by atoms with Crippen molar-refractivity contribution in [1.82, 2.24) is 20.2 Å². The van der Waals surface area contributed by atoms with Crippen LogP contribution < -0.4 is 10.2 Å². The molecule has 0 radical (unpaired) electrons. The standard InChI is InChI=1S/C22H35N5O/c1-16-13-17(2)25-22(24-16)27-12-6-8-19(15-27)21(28)23-14-18-7-5-11-26-10-4-3-9-20(18)26/h13,18-20H,3-12,14-15H2,1-2H3,(H,23,28)/t18-,19+,20+/m1/s1. The van der Waals surface area contributed by atoms with E-state index in [1.165, 1.54) is 45.2 Å². The zero-order valence-electron chi connectivity index (χ0n) is 17.5. The second kappa shape index (κ2) is 8.76. The molecular formula is C22H35N5O. The lowest BCUT2D eigenvalue weighted by Gasteiger charge is -2.44. The number of rotatable bonds is 4. The SMILES string of the molecule is Cc1cc(C)nc(N2CCC[C@H](C(=O)NC[C@H]3CCCN4CCCC[C@@H]34)C2)n1. The Hall–Kier alpha value is -1.69. The van der Waals surface area contributed by atoms with Crippen molar-refractivity contribution >= 4 is 11.9 Å². The van der Waals surface area contributed by atoms with Crippen LogP contribution in [0.25, 0.3) is 0 Å². The highest BCUT2D eigenvalue weighted by atomic mass is 16.1. The number of aromatic nitrogens is 2. The van der Waals surface area contributed by atoms with Crippen molar-refractivity contribution in [2.24, 2.45) is 11.8 Å². The Bertz CT molecular complexity index is 671. The van der Waals surface area contributed by atoms with Crippen LogP contribution in [0.1, 0.15) is 56.3 Å². The minimum atomic E-state index is 0.0456. The van der Waals surface area contributed by atoms with Crippen LogP contribution >= 0.6 is 0 Å². The van der Waals surface area contributed by atoms with Gasteiger partial charge in [0.1, 0.15) is 0 Å². The highest BCUT2D eigenvalue weighted by Crippen LogP contribution is 2.30. The summed E-state index contributed by atoms with van der Waals surface area (Å²) in [6, 6.07) is 2.69. The summed E-state index contributed by atoms with van der Waals surface area (Å²) in [5, 5.41) is 3.32. The monoisotopic (exact) mass is 385 g/mol. The first kappa shape index (κ1) is 19.6. The van der Waals surface area contributed by atoms with Crippen molar-refractivity contribution in [3.8, 4) is 0 Å². The van der Waals surface area contributed by atoms with Crippen molar-refractivity contribution in [2.75, 3.05) is 37.6 Å². The molecule has 0 aromatic carbocycles. The van der Waals surface area contributed by atoms with Gasteiger partial charge in [0.2, 0.25) is 11.9 Å². The number of amides is 1. The molecule has 4 rings (SSSR count). The summed E-state index contributed by atoms with van der Waals surface area (Å²) in [5.41, 5.74) is 1.98. The molecule has 6 nitrogen and oxygen atoms in total. The van der Waals surface area contributed by atoms with Crippen LogP contribution in [0, 0.1) is 25.7 Å². The van der Waals surface area contributed by atoms with Crippen LogP contribution in [0.5, 0.6) is 0 Å². The molecule has 0 spiro atoms. The summed E-state index contributed by atoms with van der Waals surface area (Å²) in [6.07, 6.45) is 8.52. The second-order valence-corrected chi connectivity index (χ2v) is 8.98. The molecule has 3 saturated heterocycles. The number of hydrogen-bond donors (Lipinski definition) is 1. The highest BCUT2D eigenvalue weighted by Gasteiger charge is 2.34. The number of hydrogen-bond acceptors (Lipinski definition) is 5. The molecular weight excluding hydrogens is 350 g/mol. The van der Waals surface area contributed by atoms with E-state index in [1.54, 1.807) is 0 Å². The maximum absolute atomic E-state index is 12.9. The molecule has 0 aliphatic carbocycles. The van der Waals surface area contributed by atoms with Crippen molar-refractivity contribution in [3.05, 3.63) is 17.5 Å². The van der Waals surface area contributed by atoms with E-state index in [1.807, 2.05) is 19.9 Å². The Morgan fingerprint density at radius 3 is 2.61 bits per heavy atom. The molecule has 3 fully saturated rings. The van der Waals surface area contributed by atoms with Crippen molar-refractivity contribution < 1.29 is 4.79 Å². The van der Waals surface area contributed by atoms with Gasteiger partial charge in [0.25, 0.3) is 0 Å². The Morgan fingerprint density at radius 1 is 1.04 bits per heavy atom. The third-order valence-corrected chi connectivity index (χ3v) is 6.81. The third kappa shape index (κ3) is 4.48. The van der Waals surface area contributed by atoms with Gasteiger partial charge in [-0.2, -0.15) is 0 Å². The van der Waals surface area contributed by atoms with Gasteiger partial charge in [-0.05, 0) is 77.4 Å². The van der Waals surface area contributed by atoms with Crippen LogP contribution in [-0.4, -0.2) is 59.5 Å². The van der Waals surface area contributed by atoms with Gasteiger partial charge in [-0.3, -0.25) is 4.79 Å². The van der Waals surface area contributed by atoms with E-state index in [0.29, 0.717) is 12.0 Å². The van der Waals surface area contributed by atoms with Gasteiger partial charge in [-0.25, -0.2) is 9.97 Å². The van der Waals surface area contributed by atoms with E-state index in [4.69, 9.17) is 0 Å². The largest absolute Gasteiger partial charge is 0.355 e. The van der Waals surface area contributed by atoms with Gasteiger partial charge >= 0.3 is 0 Å². The van der Waals surface area contributed by atoms with Gasteiger partial charge in [-0.15, -0.1) is 0 Å². The van der Waals surface area contributed by atoms with Crippen LogP contribution in [0.15, 0.2) is 6.07 Å². The van der Waals surface area contributed by atoms with E-state index >= 15 is 0 Å². The summed E-state index contributed by atoms with van der Waals surface area (Å²) in [4.78, 5) is 27.0. The van der Waals surface area contributed by atoms with Gasteiger partial charge in [-0.1, -0.05) is 6.42 Å². The topological polar surface area (TPSA) is 61.4 Å². The van der Waals surface area contributed by atoms with Gasteiger partial charge in [0.15, 0.2) is 0 Å². The van der Waals surface area contributed by atoms with E-state index in [2.05, 4.69) is 25.1 Å². The molecule has 3 aliphatic heterocycles. The Balaban J connectivity index is 1.33.